The third-order valence-electron chi connectivity index (χ3n) is 4.64. The fraction of sp³-hybridized carbons (Fsp3) is 0. The fourth-order valence-corrected chi connectivity index (χ4v) is 3.45. The van der Waals surface area contributed by atoms with Gasteiger partial charge in [-0.2, -0.15) is 0 Å². The van der Waals surface area contributed by atoms with Crippen molar-refractivity contribution in [3.05, 3.63) is 66.7 Å². The summed E-state index contributed by atoms with van der Waals surface area (Å²) in [6, 6.07) is 21.3. The smallest absolute Gasteiger partial charge is 0.423 e. The SMILES string of the molecule is OB(O)c1ccc2c3ccccc3c3nc4ccccc4nc3c2c1. The van der Waals surface area contributed by atoms with Crippen LogP contribution in [-0.2, 0) is 0 Å². The molecule has 0 saturated heterocycles. The molecule has 0 aliphatic rings. The van der Waals surface area contributed by atoms with E-state index in [0.717, 1.165) is 43.6 Å². The molecule has 5 heteroatoms. The topological polar surface area (TPSA) is 66.2 Å². The molecule has 118 valence electrons. The lowest BCUT2D eigenvalue weighted by Crippen LogP contribution is -2.29. The van der Waals surface area contributed by atoms with Crippen LogP contribution in [0, 0.1) is 0 Å². The van der Waals surface area contributed by atoms with Crippen molar-refractivity contribution >= 4 is 56.2 Å². The second kappa shape index (κ2) is 5.24. The van der Waals surface area contributed by atoms with E-state index in [1.807, 2.05) is 42.5 Å². The van der Waals surface area contributed by atoms with Crippen molar-refractivity contribution in [3.8, 4) is 0 Å². The zero-order valence-electron chi connectivity index (χ0n) is 13.2. The summed E-state index contributed by atoms with van der Waals surface area (Å²) in [4.78, 5) is 9.67. The van der Waals surface area contributed by atoms with E-state index in [-0.39, 0.29) is 0 Å². The van der Waals surface area contributed by atoms with Crippen LogP contribution in [0.3, 0.4) is 0 Å². The average molecular weight is 324 g/mol. The first-order valence-electron chi connectivity index (χ1n) is 8.09. The summed E-state index contributed by atoms with van der Waals surface area (Å²) in [7, 11) is -1.51. The Morgan fingerprint density at radius 3 is 1.84 bits per heavy atom. The molecule has 0 unspecified atom stereocenters. The van der Waals surface area contributed by atoms with Gasteiger partial charge in [0.25, 0.3) is 0 Å². The van der Waals surface area contributed by atoms with Gasteiger partial charge in [-0.05, 0) is 28.4 Å². The molecule has 1 aromatic heterocycles. The Labute approximate surface area is 143 Å². The minimum atomic E-state index is -1.51. The summed E-state index contributed by atoms with van der Waals surface area (Å²) < 4.78 is 0. The van der Waals surface area contributed by atoms with Crippen LogP contribution in [0.2, 0.25) is 0 Å². The Bertz CT molecular complexity index is 1280. The summed E-state index contributed by atoms with van der Waals surface area (Å²) in [5.41, 5.74) is 3.71. The van der Waals surface area contributed by atoms with E-state index >= 15 is 0 Å². The molecule has 1 heterocycles. The first-order chi connectivity index (χ1) is 12.2. The van der Waals surface area contributed by atoms with E-state index in [1.54, 1.807) is 12.1 Å². The van der Waals surface area contributed by atoms with Gasteiger partial charge in [0.2, 0.25) is 0 Å². The predicted octanol–water partition coefficient (Wildman–Crippen LogP) is 2.77. The molecule has 5 rings (SSSR count). The Hall–Kier alpha value is -3.02. The molecule has 4 nitrogen and oxygen atoms in total. The average Bonchev–Trinajstić information content (AvgIpc) is 2.66. The molecular formula is C20H13BN2O2. The number of benzene rings is 4. The monoisotopic (exact) mass is 324 g/mol. The zero-order valence-corrected chi connectivity index (χ0v) is 13.2. The number of nitrogens with zero attached hydrogens (tertiary/aromatic N) is 2. The van der Waals surface area contributed by atoms with Crippen molar-refractivity contribution in [1.82, 2.24) is 9.97 Å². The number of aromatic nitrogens is 2. The number of hydrogen-bond donors (Lipinski definition) is 2. The van der Waals surface area contributed by atoms with E-state index in [0.29, 0.717) is 5.46 Å². The molecule has 25 heavy (non-hydrogen) atoms. The lowest BCUT2D eigenvalue weighted by Gasteiger charge is -2.11. The Balaban J connectivity index is 2.08. The van der Waals surface area contributed by atoms with Crippen LogP contribution >= 0.6 is 0 Å². The number of fused-ring (bicyclic) bond motifs is 7. The first kappa shape index (κ1) is 14.3. The summed E-state index contributed by atoms with van der Waals surface area (Å²) >= 11 is 0. The molecule has 0 amide bonds. The molecule has 2 N–H and O–H groups in total. The van der Waals surface area contributed by atoms with E-state index in [2.05, 4.69) is 12.1 Å². The fourth-order valence-electron chi connectivity index (χ4n) is 3.45. The van der Waals surface area contributed by atoms with Gasteiger partial charge in [-0.3, -0.25) is 0 Å². The van der Waals surface area contributed by atoms with Gasteiger partial charge in [0.05, 0.1) is 22.1 Å². The maximum absolute atomic E-state index is 9.56. The van der Waals surface area contributed by atoms with Crippen LogP contribution in [0.1, 0.15) is 0 Å². The van der Waals surface area contributed by atoms with Crippen LogP contribution in [-0.4, -0.2) is 27.1 Å². The predicted molar refractivity (Wildman–Crippen MR) is 102 cm³/mol. The van der Waals surface area contributed by atoms with Gasteiger partial charge < -0.3 is 10.0 Å². The molecule has 0 saturated carbocycles. The first-order valence-corrected chi connectivity index (χ1v) is 8.09. The van der Waals surface area contributed by atoms with Crippen LogP contribution in [0.4, 0.5) is 0 Å². The van der Waals surface area contributed by atoms with Gasteiger partial charge in [0.1, 0.15) is 0 Å². The second-order valence-electron chi connectivity index (χ2n) is 6.13. The van der Waals surface area contributed by atoms with Gasteiger partial charge in [-0.15, -0.1) is 0 Å². The molecule has 0 fully saturated rings. The summed E-state index contributed by atoms with van der Waals surface area (Å²) in [5.74, 6) is 0. The molecule has 0 radical (unpaired) electrons. The highest BCUT2D eigenvalue weighted by Gasteiger charge is 2.16. The minimum Gasteiger partial charge on any atom is -0.423 e. The van der Waals surface area contributed by atoms with Gasteiger partial charge in [0.15, 0.2) is 0 Å². The van der Waals surface area contributed by atoms with Crippen LogP contribution in [0.5, 0.6) is 0 Å². The Morgan fingerprint density at radius 1 is 0.600 bits per heavy atom. The molecule has 0 bridgehead atoms. The second-order valence-corrected chi connectivity index (χ2v) is 6.13. The van der Waals surface area contributed by atoms with Crippen LogP contribution in [0.25, 0.3) is 43.6 Å². The maximum atomic E-state index is 9.56. The molecule has 4 aromatic carbocycles. The van der Waals surface area contributed by atoms with E-state index in [4.69, 9.17) is 9.97 Å². The maximum Gasteiger partial charge on any atom is 0.488 e. The normalized spacial score (nSPS) is 11.6. The molecule has 0 spiro atoms. The van der Waals surface area contributed by atoms with Crippen molar-refractivity contribution in [2.45, 2.75) is 0 Å². The zero-order chi connectivity index (χ0) is 17.0. The quantitative estimate of drug-likeness (QED) is 0.283. The Kier molecular flexibility index (Phi) is 3.01. The molecule has 5 aromatic rings. The third kappa shape index (κ3) is 2.10. The molecule has 0 atom stereocenters. The highest BCUT2D eigenvalue weighted by molar-refractivity contribution is 6.59. The molecule has 0 aliphatic heterocycles. The van der Waals surface area contributed by atoms with Crippen molar-refractivity contribution in [2.75, 3.05) is 0 Å². The Morgan fingerprint density at radius 2 is 1.16 bits per heavy atom. The number of rotatable bonds is 1. The van der Waals surface area contributed by atoms with Crippen molar-refractivity contribution in [1.29, 1.82) is 0 Å². The largest absolute Gasteiger partial charge is 0.488 e. The highest BCUT2D eigenvalue weighted by Crippen LogP contribution is 2.33. The van der Waals surface area contributed by atoms with Crippen molar-refractivity contribution in [3.63, 3.8) is 0 Å². The van der Waals surface area contributed by atoms with Crippen LogP contribution < -0.4 is 5.46 Å². The molecular weight excluding hydrogens is 311 g/mol. The van der Waals surface area contributed by atoms with Crippen molar-refractivity contribution < 1.29 is 10.0 Å². The van der Waals surface area contributed by atoms with E-state index < -0.39 is 7.12 Å². The summed E-state index contributed by atoms with van der Waals surface area (Å²) in [6.07, 6.45) is 0. The van der Waals surface area contributed by atoms with Crippen LogP contribution in [0.15, 0.2) is 66.7 Å². The van der Waals surface area contributed by atoms with E-state index in [9.17, 15) is 10.0 Å². The van der Waals surface area contributed by atoms with E-state index in [1.165, 1.54) is 0 Å². The lowest BCUT2D eigenvalue weighted by molar-refractivity contribution is 0.426. The molecule has 0 aliphatic carbocycles. The standard InChI is InChI=1S/C20H13BN2O2/c24-21(25)12-9-10-14-13-5-1-2-6-15(13)19-20(16(14)11-12)23-18-8-4-3-7-17(18)22-19/h1-11,24-25H. The lowest BCUT2D eigenvalue weighted by atomic mass is 9.79. The summed E-state index contributed by atoms with van der Waals surface area (Å²) in [6.45, 7) is 0. The third-order valence-corrected chi connectivity index (χ3v) is 4.64. The van der Waals surface area contributed by atoms with Gasteiger partial charge in [0, 0.05) is 10.8 Å². The minimum absolute atomic E-state index is 0.444. The van der Waals surface area contributed by atoms with Gasteiger partial charge >= 0.3 is 7.12 Å². The summed E-state index contributed by atoms with van der Waals surface area (Å²) in [5, 5.41) is 23.1. The van der Waals surface area contributed by atoms with Gasteiger partial charge in [-0.25, -0.2) is 9.97 Å². The van der Waals surface area contributed by atoms with Gasteiger partial charge in [-0.1, -0.05) is 54.6 Å². The number of hydrogen-bond acceptors (Lipinski definition) is 4. The number of para-hydroxylation sites is 2. The highest BCUT2D eigenvalue weighted by atomic mass is 16.4. The van der Waals surface area contributed by atoms with Crippen molar-refractivity contribution in [2.24, 2.45) is 0 Å².